The minimum atomic E-state index is -3.84. The molecule has 1 heterocycles. The molecule has 0 fully saturated rings. The van der Waals surface area contributed by atoms with Crippen molar-refractivity contribution in [2.75, 3.05) is 5.32 Å². The standard InChI is InChI=1S/C16H14N4O2S2/c1-12-18-19-16(23-12)17-15(13-8-4-2-5-9-13)20-24(21,22)14-10-6-3-7-11-14/h2-11H,1H3,(H,17,19,20). The average molecular weight is 358 g/mol. The second kappa shape index (κ2) is 6.90. The van der Waals surface area contributed by atoms with Gasteiger partial charge in [-0.2, -0.15) is 8.42 Å². The molecular weight excluding hydrogens is 344 g/mol. The molecule has 0 aliphatic heterocycles. The van der Waals surface area contributed by atoms with E-state index in [1.807, 2.05) is 25.1 Å². The molecule has 0 radical (unpaired) electrons. The van der Waals surface area contributed by atoms with Crippen molar-refractivity contribution in [2.24, 2.45) is 4.40 Å². The molecule has 0 atom stereocenters. The molecule has 24 heavy (non-hydrogen) atoms. The van der Waals surface area contributed by atoms with Gasteiger partial charge in [0, 0.05) is 5.56 Å². The number of amidine groups is 1. The molecule has 0 aliphatic carbocycles. The lowest BCUT2D eigenvalue weighted by atomic mass is 10.2. The molecule has 6 nitrogen and oxygen atoms in total. The SMILES string of the molecule is Cc1nnc(N/C(=N\S(=O)(=O)c2ccccc2)c2ccccc2)s1. The molecule has 0 saturated heterocycles. The minimum absolute atomic E-state index is 0.133. The Bertz CT molecular complexity index is 952. The Morgan fingerprint density at radius 3 is 2.21 bits per heavy atom. The Labute approximate surface area is 144 Å². The molecule has 0 amide bonds. The highest BCUT2D eigenvalue weighted by Crippen LogP contribution is 2.18. The van der Waals surface area contributed by atoms with Gasteiger partial charge in [0.1, 0.15) is 5.01 Å². The van der Waals surface area contributed by atoms with Crippen molar-refractivity contribution in [1.29, 1.82) is 0 Å². The van der Waals surface area contributed by atoms with Gasteiger partial charge in [0.05, 0.1) is 4.90 Å². The van der Waals surface area contributed by atoms with Crippen molar-refractivity contribution in [3.05, 3.63) is 71.2 Å². The van der Waals surface area contributed by atoms with Crippen LogP contribution in [0.2, 0.25) is 0 Å². The van der Waals surface area contributed by atoms with Crippen LogP contribution in [0.5, 0.6) is 0 Å². The first-order valence-electron chi connectivity index (χ1n) is 7.07. The number of anilines is 1. The van der Waals surface area contributed by atoms with Crippen LogP contribution in [-0.4, -0.2) is 24.5 Å². The van der Waals surface area contributed by atoms with Crippen LogP contribution in [0.1, 0.15) is 10.6 Å². The van der Waals surface area contributed by atoms with Crippen LogP contribution in [0.4, 0.5) is 5.13 Å². The molecule has 8 heteroatoms. The van der Waals surface area contributed by atoms with Gasteiger partial charge in [-0.15, -0.1) is 14.6 Å². The molecule has 1 aromatic heterocycles. The second-order valence-corrected chi connectivity index (χ2v) is 7.63. The van der Waals surface area contributed by atoms with Crippen LogP contribution < -0.4 is 5.32 Å². The van der Waals surface area contributed by atoms with E-state index in [1.165, 1.54) is 23.5 Å². The summed E-state index contributed by atoms with van der Waals surface area (Å²) in [6.45, 7) is 1.82. The van der Waals surface area contributed by atoms with Gasteiger partial charge in [0.15, 0.2) is 5.84 Å². The van der Waals surface area contributed by atoms with E-state index in [2.05, 4.69) is 19.9 Å². The highest BCUT2D eigenvalue weighted by molar-refractivity contribution is 7.90. The Hall–Kier alpha value is -2.58. The van der Waals surface area contributed by atoms with E-state index in [0.29, 0.717) is 10.7 Å². The Morgan fingerprint density at radius 2 is 1.62 bits per heavy atom. The Balaban J connectivity index is 2.04. The number of benzene rings is 2. The molecule has 0 bridgehead atoms. The number of aromatic nitrogens is 2. The molecule has 0 unspecified atom stereocenters. The van der Waals surface area contributed by atoms with Crippen LogP contribution in [0, 0.1) is 6.92 Å². The smallest absolute Gasteiger partial charge is 0.284 e. The van der Waals surface area contributed by atoms with Gasteiger partial charge >= 0.3 is 0 Å². The van der Waals surface area contributed by atoms with Gasteiger partial charge in [-0.1, -0.05) is 59.9 Å². The molecule has 2 aromatic carbocycles. The molecular formula is C16H14N4O2S2. The largest absolute Gasteiger partial charge is 0.314 e. The van der Waals surface area contributed by atoms with E-state index in [4.69, 9.17) is 0 Å². The fourth-order valence-electron chi connectivity index (χ4n) is 1.96. The monoisotopic (exact) mass is 358 g/mol. The molecule has 1 N–H and O–H groups in total. The summed E-state index contributed by atoms with van der Waals surface area (Å²) in [5.41, 5.74) is 0.643. The van der Waals surface area contributed by atoms with Crippen molar-refractivity contribution >= 4 is 32.3 Å². The van der Waals surface area contributed by atoms with Crippen molar-refractivity contribution in [1.82, 2.24) is 10.2 Å². The van der Waals surface area contributed by atoms with E-state index in [1.54, 1.807) is 30.3 Å². The summed E-state index contributed by atoms with van der Waals surface area (Å²) in [4.78, 5) is 0.133. The summed E-state index contributed by atoms with van der Waals surface area (Å²) in [7, 11) is -3.84. The summed E-state index contributed by atoms with van der Waals surface area (Å²) in [5, 5.41) is 12.1. The van der Waals surface area contributed by atoms with E-state index in [9.17, 15) is 8.42 Å². The topological polar surface area (TPSA) is 84.3 Å². The lowest BCUT2D eigenvalue weighted by Gasteiger charge is -2.07. The van der Waals surface area contributed by atoms with Gasteiger partial charge in [-0.25, -0.2) is 0 Å². The highest BCUT2D eigenvalue weighted by atomic mass is 32.2. The highest BCUT2D eigenvalue weighted by Gasteiger charge is 2.16. The zero-order valence-corrected chi connectivity index (χ0v) is 14.4. The van der Waals surface area contributed by atoms with Gasteiger partial charge in [0.25, 0.3) is 10.0 Å². The van der Waals surface area contributed by atoms with Crippen LogP contribution in [0.25, 0.3) is 0 Å². The van der Waals surface area contributed by atoms with Crippen LogP contribution >= 0.6 is 11.3 Å². The number of nitrogens with one attached hydrogen (secondary N) is 1. The van der Waals surface area contributed by atoms with E-state index >= 15 is 0 Å². The molecule has 0 aliphatic rings. The van der Waals surface area contributed by atoms with E-state index in [0.717, 1.165) is 5.01 Å². The van der Waals surface area contributed by atoms with Crippen LogP contribution in [0.3, 0.4) is 0 Å². The number of aryl methyl sites for hydroxylation is 1. The molecule has 122 valence electrons. The van der Waals surface area contributed by atoms with Gasteiger partial charge in [0.2, 0.25) is 5.13 Å². The first kappa shape index (κ1) is 16.3. The third-order valence-corrected chi connectivity index (χ3v) is 5.10. The maximum absolute atomic E-state index is 12.6. The van der Waals surface area contributed by atoms with E-state index < -0.39 is 10.0 Å². The maximum atomic E-state index is 12.6. The Kier molecular flexibility index (Phi) is 4.68. The van der Waals surface area contributed by atoms with Crippen molar-refractivity contribution in [3.63, 3.8) is 0 Å². The fourth-order valence-corrected chi connectivity index (χ4v) is 3.55. The fraction of sp³-hybridized carbons (Fsp3) is 0.0625. The second-order valence-electron chi connectivity index (χ2n) is 4.85. The third kappa shape index (κ3) is 3.84. The van der Waals surface area contributed by atoms with Crippen molar-refractivity contribution in [2.45, 2.75) is 11.8 Å². The first-order valence-corrected chi connectivity index (χ1v) is 9.33. The lowest BCUT2D eigenvalue weighted by Crippen LogP contribution is -2.16. The average Bonchev–Trinajstić information content (AvgIpc) is 3.01. The molecule has 0 saturated carbocycles. The summed E-state index contributed by atoms with van der Waals surface area (Å²) in [6.07, 6.45) is 0. The Morgan fingerprint density at radius 1 is 1.00 bits per heavy atom. The normalized spacial score (nSPS) is 12.1. The zero-order chi connectivity index (χ0) is 17.0. The summed E-state index contributed by atoms with van der Waals surface area (Å²) < 4.78 is 29.1. The molecule has 3 rings (SSSR count). The maximum Gasteiger partial charge on any atom is 0.284 e. The zero-order valence-electron chi connectivity index (χ0n) is 12.7. The lowest BCUT2D eigenvalue weighted by molar-refractivity contribution is 0.598. The first-order chi connectivity index (χ1) is 11.5. The number of nitrogens with zero attached hydrogens (tertiary/aromatic N) is 3. The van der Waals surface area contributed by atoms with Gasteiger partial charge in [-0.05, 0) is 19.1 Å². The summed E-state index contributed by atoms with van der Waals surface area (Å²) >= 11 is 1.32. The third-order valence-electron chi connectivity index (χ3n) is 3.05. The van der Waals surface area contributed by atoms with Crippen molar-refractivity contribution < 1.29 is 8.42 Å². The predicted molar refractivity (Wildman–Crippen MR) is 94.9 cm³/mol. The summed E-state index contributed by atoms with van der Waals surface area (Å²) in [5.74, 6) is 0.204. The number of sulfonamides is 1. The molecule has 3 aromatic rings. The van der Waals surface area contributed by atoms with Crippen LogP contribution in [-0.2, 0) is 10.0 Å². The quantitative estimate of drug-likeness (QED) is 0.572. The predicted octanol–water partition coefficient (Wildman–Crippen LogP) is 3.09. The minimum Gasteiger partial charge on any atom is -0.314 e. The van der Waals surface area contributed by atoms with Gasteiger partial charge < -0.3 is 5.32 Å². The van der Waals surface area contributed by atoms with Crippen LogP contribution in [0.15, 0.2) is 70.0 Å². The van der Waals surface area contributed by atoms with E-state index in [-0.39, 0.29) is 10.7 Å². The number of hydrogen-bond acceptors (Lipinski definition) is 5. The summed E-state index contributed by atoms with van der Waals surface area (Å²) in [6, 6.07) is 17.1. The molecule has 0 spiro atoms. The number of rotatable bonds is 4. The van der Waals surface area contributed by atoms with Crippen molar-refractivity contribution in [3.8, 4) is 0 Å². The van der Waals surface area contributed by atoms with Gasteiger partial charge in [-0.3, -0.25) is 0 Å². The number of hydrogen-bond donors (Lipinski definition) is 1.